The van der Waals surface area contributed by atoms with Gasteiger partial charge in [0, 0.05) is 6.04 Å². The normalized spacial score (nSPS) is 13.6. The second kappa shape index (κ2) is 5.16. The zero-order chi connectivity index (χ0) is 12.2. The first kappa shape index (κ1) is 12.8. The van der Waals surface area contributed by atoms with E-state index in [0.717, 1.165) is 6.42 Å². The van der Waals surface area contributed by atoms with E-state index >= 15 is 0 Å². The number of rotatable bonds is 4. The van der Waals surface area contributed by atoms with Crippen molar-refractivity contribution in [2.45, 2.75) is 25.6 Å². The van der Waals surface area contributed by atoms with Crippen molar-refractivity contribution in [1.29, 1.82) is 0 Å². The number of pyridine rings is 1. The molecule has 1 aromatic rings. The molecular formula is C10H13F3N2O. The van der Waals surface area contributed by atoms with Gasteiger partial charge < -0.3 is 10.5 Å². The summed E-state index contributed by atoms with van der Waals surface area (Å²) >= 11 is 0. The van der Waals surface area contributed by atoms with Crippen LogP contribution in [-0.2, 0) is 0 Å². The van der Waals surface area contributed by atoms with E-state index < -0.39 is 12.8 Å². The summed E-state index contributed by atoms with van der Waals surface area (Å²) in [5.41, 5.74) is 6.34. The summed E-state index contributed by atoms with van der Waals surface area (Å²) in [6.07, 6.45) is -2.37. The molecule has 0 spiro atoms. The predicted octanol–water partition coefficient (Wildman–Crippen LogP) is 2.43. The molecule has 1 rings (SSSR count). The number of aromatic nitrogens is 1. The van der Waals surface area contributed by atoms with Gasteiger partial charge in [-0.15, -0.1) is 0 Å². The summed E-state index contributed by atoms with van der Waals surface area (Å²) in [6.45, 7) is 0.592. The van der Waals surface area contributed by atoms with E-state index in [4.69, 9.17) is 5.73 Å². The smallest absolute Gasteiger partial charge is 0.422 e. The number of hydrogen-bond donors (Lipinski definition) is 1. The molecule has 0 radical (unpaired) electrons. The summed E-state index contributed by atoms with van der Waals surface area (Å²) in [7, 11) is 0. The van der Waals surface area contributed by atoms with Gasteiger partial charge in [-0.1, -0.05) is 6.92 Å². The molecule has 0 aromatic carbocycles. The molecule has 0 aliphatic heterocycles. The highest BCUT2D eigenvalue weighted by molar-refractivity contribution is 5.21. The third-order valence-electron chi connectivity index (χ3n) is 1.98. The fraction of sp³-hybridized carbons (Fsp3) is 0.500. The molecule has 0 saturated heterocycles. The largest absolute Gasteiger partial charge is 0.483 e. The molecule has 0 bridgehead atoms. The van der Waals surface area contributed by atoms with Gasteiger partial charge in [0.05, 0.1) is 11.9 Å². The van der Waals surface area contributed by atoms with E-state index in [9.17, 15) is 13.2 Å². The number of halogens is 3. The maximum absolute atomic E-state index is 11.8. The molecule has 90 valence electrons. The highest BCUT2D eigenvalue weighted by Crippen LogP contribution is 2.19. The van der Waals surface area contributed by atoms with E-state index in [1.807, 2.05) is 6.92 Å². The van der Waals surface area contributed by atoms with Crippen LogP contribution in [-0.4, -0.2) is 17.8 Å². The summed E-state index contributed by atoms with van der Waals surface area (Å²) in [4.78, 5) is 3.93. The Bertz CT molecular complexity index is 324. The molecule has 3 nitrogen and oxygen atoms in total. The lowest BCUT2D eigenvalue weighted by atomic mass is 10.1. The molecule has 0 aliphatic rings. The van der Waals surface area contributed by atoms with Crippen molar-refractivity contribution in [2.75, 3.05) is 6.61 Å². The Hall–Kier alpha value is -1.30. The highest BCUT2D eigenvalue weighted by atomic mass is 19.4. The molecule has 0 unspecified atom stereocenters. The van der Waals surface area contributed by atoms with E-state index in [2.05, 4.69) is 9.72 Å². The Balaban J connectivity index is 2.58. The molecule has 0 saturated carbocycles. The zero-order valence-corrected chi connectivity index (χ0v) is 8.79. The van der Waals surface area contributed by atoms with Gasteiger partial charge in [0.1, 0.15) is 5.75 Å². The van der Waals surface area contributed by atoms with Crippen molar-refractivity contribution in [3.8, 4) is 5.75 Å². The molecule has 16 heavy (non-hydrogen) atoms. The molecule has 6 heteroatoms. The van der Waals surface area contributed by atoms with Crippen LogP contribution < -0.4 is 10.5 Å². The van der Waals surface area contributed by atoms with Crippen molar-refractivity contribution in [2.24, 2.45) is 5.73 Å². The van der Waals surface area contributed by atoms with E-state index in [1.165, 1.54) is 12.3 Å². The lowest BCUT2D eigenvalue weighted by Gasteiger charge is -2.11. The van der Waals surface area contributed by atoms with Crippen LogP contribution in [0.1, 0.15) is 25.1 Å². The Kier molecular flexibility index (Phi) is 4.12. The molecule has 1 atom stereocenters. The third kappa shape index (κ3) is 4.06. The van der Waals surface area contributed by atoms with Gasteiger partial charge in [-0.25, -0.2) is 0 Å². The number of alkyl halides is 3. The van der Waals surface area contributed by atoms with Gasteiger partial charge >= 0.3 is 6.18 Å². The minimum absolute atomic E-state index is 0.0874. The number of ether oxygens (including phenoxy) is 1. The van der Waals surface area contributed by atoms with Crippen molar-refractivity contribution in [3.05, 3.63) is 24.0 Å². The van der Waals surface area contributed by atoms with Crippen LogP contribution in [0, 0.1) is 0 Å². The topological polar surface area (TPSA) is 48.1 Å². The lowest BCUT2D eigenvalue weighted by Crippen LogP contribution is -2.19. The fourth-order valence-corrected chi connectivity index (χ4v) is 1.07. The molecule has 1 aromatic heterocycles. The molecule has 2 N–H and O–H groups in total. The molecular weight excluding hydrogens is 221 g/mol. The maximum Gasteiger partial charge on any atom is 0.422 e. The van der Waals surface area contributed by atoms with Gasteiger partial charge in [-0.3, -0.25) is 4.98 Å². The summed E-state index contributed by atoms with van der Waals surface area (Å²) in [5, 5.41) is 0. The van der Waals surface area contributed by atoms with Gasteiger partial charge in [0.15, 0.2) is 6.61 Å². The van der Waals surface area contributed by atoms with Crippen LogP contribution in [0.4, 0.5) is 13.2 Å². The van der Waals surface area contributed by atoms with E-state index in [0.29, 0.717) is 5.69 Å². The van der Waals surface area contributed by atoms with E-state index in [-0.39, 0.29) is 11.8 Å². The zero-order valence-electron chi connectivity index (χ0n) is 8.79. The number of hydrogen-bond acceptors (Lipinski definition) is 3. The van der Waals surface area contributed by atoms with Gasteiger partial charge in [-0.05, 0) is 18.6 Å². The summed E-state index contributed by atoms with van der Waals surface area (Å²) in [6, 6.07) is 2.81. The Morgan fingerprint density at radius 1 is 1.44 bits per heavy atom. The van der Waals surface area contributed by atoms with Gasteiger partial charge in [0.25, 0.3) is 0 Å². The van der Waals surface area contributed by atoms with Crippen LogP contribution in [0.2, 0.25) is 0 Å². The van der Waals surface area contributed by atoms with E-state index in [1.54, 1.807) is 6.07 Å². The SMILES string of the molecule is CC[C@H](N)c1ccc(OCC(F)(F)F)cn1. The Morgan fingerprint density at radius 3 is 2.56 bits per heavy atom. The Labute approximate surface area is 91.4 Å². The summed E-state index contributed by atoms with van der Waals surface area (Å²) < 4.78 is 40.0. The first-order chi connectivity index (χ1) is 7.42. The fourth-order valence-electron chi connectivity index (χ4n) is 1.07. The monoisotopic (exact) mass is 234 g/mol. The second-order valence-corrected chi connectivity index (χ2v) is 3.34. The first-order valence-electron chi connectivity index (χ1n) is 4.83. The standard InChI is InChI=1S/C10H13F3N2O/c1-2-8(14)9-4-3-7(5-15-9)16-6-10(11,12)13/h3-5,8H,2,6,14H2,1H3/t8-/m0/s1. The predicted molar refractivity (Wildman–Crippen MR) is 53.0 cm³/mol. The minimum Gasteiger partial charge on any atom is -0.483 e. The van der Waals surface area contributed by atoms with Crippen molar-refractivity contribution in [1.82, 2.24) is 4.98 Å². The van der Waals surface area contributed by atoms with Gasteiger partial charge in [-0.2, -0.15) is 13.2 Å². The Morgan fingerprint density at radius 2 is 2.12 bits per heavy atom. The minimum atomic E-state index is -4.33. The lowest BCUT2D eigenvalue weighted by molar-refractivity contribution is -0.153. The van der Waals surface area contributed by atoms with Crippen molar-refractivity contribution in [3.63, 3.8) is 0 Å². The average molecular weight is 234 g/mol. The summed E-state index contributed by atoms with van der Waals surface area (Å²) in [5.74, 6) is 0.0874. The van der Waals surface area contributed by atoms with Crippen molar-refractivity contribution < 1.29 is 17.9 Å². The third-order valence-corrected chi connectivity index (χ3v) is 1.98. The van der Waals surface area contributed by atoms with Gasteiger partial charge in [0.2, 0.25) is 0 Å². The average Bonchev–Trinajstić information content (AvgIpc) is 2.25. The first-order valence-corrected chi connectivity index (χ1v) is 4.83. The number of nitrogens with two attached hydrogens (primary N) is 1. The van der Waals surface area contributed by atoms with Crippen LogP contribution in [0.25, 0.3) is 0 Å². The van der Waals surface area contributed by atoms with Crippen LogP contribution >= 0.6 is 0 Å². The second-order valence-electron chi connectivity index (χ2n) is 3.34. The molecule has 0 fully saturated rings. The molecule has 0 aliphatic carbocycles. The molecule has 0 amide bonds. The maximum atomic E-state index is 11.8. The van der Waals surface area contributed by atoms with Crippen molar-refractivity contribution >= 4 is 0 Å². The number of nitrogens with zero attached hydrogens (tertiary/aromatic N) is 1. The van der Waals surface area contributed by atoms with Crippen LogP contribution in [0.5, 0.6) is 5.75 Å². The quantitative estimate of drug-likeness (QED) is 0.870. The highest BCUT2D eigenvalue weighted by Gasteiger charge is 2.28. The van der Waals surface area contributed by atoms with Crippen LogP contribution in [0.15, 0.2) is 18.3 Å². The molecule has 1 heterocycles. The van der Waals surface area contributed by atoms with Crippen LogP contribution in [0.3, 0.4) is 0 Å².